The van der Waals surface area contributed by atoms with E-state index in [-0.39, 0.29) is 11.5 Å². The van der Waals surface area contributed by atoms with Crippen molar-refractivity contribution in [3.8, 4) is 0 Å². The quantitative estimate of drug-likeness (QED) is 0.591. The third kappa shape index (κ3) is 1.64. The van der Waals surface area contributed by atoms with E-state index in [0.29, 0.717) is 5.91 Å². The van der Waals surface area contributed by atoms with Crippen LogP contribution >= 0.6 is 0 Å². The Morgan fingerprint density at radius 3 is 2.57 bits per heavy atom. The summed E-state index contributed by atoms with van der Waals surface area (Å²) in [4.78, 5) is 14.1. The maximum Gasteiger partial charge on any atom is 0.228 e. The zero-order valence-corrected chi connectivity index (χ0v) is 8.97. The molecule has 1 amide bonds. The predicted octanol–water partition coefficient (Wildman–Crippen LogP) is -0.584. The van der Waals surface area contributed by atoms with Crippen LogP contribution in [-0.4, -0.2) is 49.1 Å². The second kappa shape index (κ2) is 3.51. The van der Waals surface area contributed by atoms with Crippen molar-refractivity contribution in [2.24, 2.45) is 5.92 Å². The summed E-state index contributed by atoms with van der Waals surface area (Å²) in [7, 11) is 0. The Morgan fingerprint density at radius 2 is 2.07 bits per heavy atom. The summed E-state index contributed by atoms with van der Waals surface area (Å²) in [6, 6.07) is 0. The molecule has 2 N–H and O–H groups in total. The van der Waals surface area contributed by atoms with Gasteiger partial charge in [-0.2, -0.15) is 0 Å². The summed E-state index contributed by atoms with van der Waals surface area (Å²) in [6.45, 7) is 8.65. The molecular weight excluding hydrogens is 178 g/mol. The number of nitrogens with one attached hydrogen (secondary N) is 2. The Hall–Kier alpha value is -0.610. The Labute approximate surface area is 85.0 Å². The molecule has 14 heavy (non-hydrogen) atoms. The number of nitrogens with zero attached hydrogens (tertiary/aromatic N) is 1. The highest BCUT2D eigenvalue weighted by Gasteiger charge is 2.38. The number of hydrogen-bond donors (Lipinski definition) is 2. The van der Waals surface area contributed by atoms with E-state index in [9.17, 15) is 4.79 Å². The molecule has 0 bridgehead atoms. The van der Waals surface area contributed by atoms with Crippen LogP contribution in [-0.2, 0) is 4.79 Å². The van der Waals surface area contributed by atoms with Crippen molar-refractivity contribution >= 4 is 5.91 Å². The minimum absolute atomic E-state index is 0.0229. The van der Waals surface area contributed by atoms with E-state index in [4.69, 9.17) is 0 Å². The van der Waals surface area contributed by atoms with Crippen molar-refractivity contribution in [1.82, 2.24) is 15.5 Å². The van der Waals surface area contributed by atoms with Crippen LogP contribution in [0.5, 0.6) is 0 Å². The number of piperazine rings is 1. The fourth-order valence-electron chi connectivity index (χ4n) is 2.08. The summed E-state index contributed by atoms with van der Waals surface area (Å²) in [5.41, 5.74) is -0.0229. The van der Waals surface area contributed by atoms with Gasteiger partial charge in [-0.15, -0.1) is 0 Å². The largest absolute Gasteiger partial charge is 0.335 e. The maximum atomic E-state index is 12.1. The van der Waals surface area contributed by atoms with E-state index < -0.39 is 0 Å². The average molecular weight is 197 g/mol. The standard InChI is InChI=1S/C10H19N3O/c1-10(2)7-11-3-4-13(10)9(14)8-5-12-6-8/h8,11-12H,3-7H2,1-2H3. The molecule has 0 atom stereocenters. The first-order chi connectivity index (χ1) is 6.61. The van der Waals surface area contributed by atoms with Gasteiger partial charge >= 0.3 is 0 Å². The van der Waals surface area contributed by atoms with Gasteiger partial charge in [-0.25, -0.2) is 0 Å². The normalized spacial score (nSPS) is 27.1. The lowest BCUT2D eigenvalue weighted by molar-refractivity contribution is -0.143. The van der Waals surface area contributed by atoms with Crippen molar-refractivity contribution in [3.63, 3.8) is 0 Å². The molecule has 2 heterocycles. The highest BCUT2D eigenvalue weighted by atomic mass is 16.2. The van der Waals surface area contributed by atoms with Gasteiger partial charge in [0.05, 0.1) is 5.92 Å². The highest BCUT2D eigenvalue weighted by Crippen LogP contribution is 2.20. The van der Waals surface area contributed by atoms with Gasteiger partial charge in [-0.3, -0.25) is 4.79 Å². The second-order valence-corrected chi connectivity index (χ2v) is 4.83. The SMILES string of the molecule is CC1(C)CNCCN1C(=O)C1CNC1. The molecular formula is C10H19N3O. The van der Waals surface area contributed by atoms with Crippen LogP contribution in [0, 0.1) is 5.92 Å². The van der Waals surface area contributed by atoms with Gasteiger partial charge in [-0.05, 0) is 13.8 Å². The molecule has 0 unspecified atom stereocenters. The van der Waals surface area contributed by atoms with Crippen molar-refractivity contribution in [1.29, 1.82) is 0 Å². The molecule has 2 saturated heterocycles. The molecule has 0 aliphatic carbocycles. The topological polar surface area (TPSA) is 44.4 Å². The van der Waals surface area contributed by atoms with Crippen LogP contribution in [0.2, 0.25) is 0 Å². The fraction of sp³-hybridized carbons (Fsp3) is 0.900. The zero-order chi connectivity index (χ0) is 10.2. The summed E-state index contributed by atoms with van der Waals surface area (Å²) < 4.78 is 0. The first-order valence-electron chi connectivity index (χ1n) is 5.34. The average Bonchev–Trinajstić information content (AvgIpc) is 1.99. The van der Waals surface area contributed by atoms with Crippen LogP contribution < -0.4 is 10.6 Å². The molecule has 0 spiro atoms. The van der Waals surface area contributed by atoms with E-state index in [1.165, 1.54) is 0 Å². The lowest BCUT2D eigenvalue weighted by Gasteiger charge is -2.45. The monoisotopic (exact) mass is 197 g/mol. The van der Waals surface area contributed by atoms with Gasteiger partial charge in [0.15, 0.2) is 0 Å². The molecule has 2 aliphatic heterocycles. The lowest BCUT2D eigenvalue weighted by Crippen LogP contribution is -2.64. The first-order valence-corrected chi connectivity index (χ1v) is 5.34. The minimum atomic E-state index is -0.0229. The molecule has 4 heteroatoms. The molecule has 4 nitrogen and oxygen atoms in total. The summed E-state index contributed by atoms with van der Waals surface area (Å²) in [5.74, 6) is 0.558. The van der Waals surface area contributed by atoms with Crippen LogP contribution in [0.4, 0.5) is 0 Å². The number of carbonyl (C=O) groups excluding carboxylic acids is 1. The van der Waals surface area contributed by atoms with E-state index in [0.717, 1.165) is 32.7 Å². The molecule has 2 aliphatic rings. The highest BCUT2D eigenvalue weighted by molar-refractivity contribution is 5.81. The van der Waals surface area contributed by atoms with Crippen molar-refractivity contribution in [2.45, 2.75) is 19.4 Å². The van der Waals surface area contributed by atoms with Crippen molar-refractivity contribution in [3.05, 3.63) is 0 Å². The Balaban J connectivity index is 2.03. The molecule has 0 saturated carbocycles. The van der Waals surface area contributed by atoms with E-state index in [1.807, 2.05) is 4.90 Å². The fourth-order valence-corrected chi connectivity index (χ4v) is 2.08. The number of amides is 1. The summed E-state index contributed by atoms with van der Waals surface area (Å²) in [5, 5.41) is 6.47. The molecule has 0 aromatic carbocycles. The molecule has 2 fully saturated rings. The van der Waals surface area contributed by atoms with Gasteiger partial charge in [-0.1, -0.05) is 0 Å². The Morgan fingerprint density at radius 1 is 1.36 bits per heavy atom. The lowest BCUT2D eigenvalue weighted by atomic mass is 9.94. The van der Waals surface area contributed by atoms with Gasteiger partial charge in [0, 0.05) is 38.3 Å². The van der Waals surface area contributed by atoms with Crippen molar-refractivity contribution in [2.75, 3.05) is 32.7 Å². The third-order valence-electron chi connectivity index (χ3n) is 3.20. The molecule has 0 radical (unpaired) electrons. The van der Waals surface area contributed by atoms with E-state index >= 15 is 0 Å². The summed E-state index contributed by atoms with van der Waals surface area (Å²) >= 11 is 0. The minimum Gasteiger partial charge on any atom is -0.335 e. The smallest absolute Gasteiger partial charge is 0.228 e. The first kappa shape index (κ1) is 9.93. The van der Waals surface area contributed by atoms with E-state index in [1.54, 1.807) is 0 Å². The second-order valence-electron chi connectivity index (χ2n) is 4.83. The maximum absolute atomic E-state index is 12.1. The van der Waals surface area contributed by atoms with Gasteiger partial charge < -0.3 is 15.5 Å². The number of hydrogen-bond acceptors (Lipinski definition) is 3. The third-order valence-corrected chi connectivity index (χ3v) is 3.20. The number of carbonyl (C=O) groups is 1. The molecule has 2 rings (SSSR count). The Kier molecular flexibility index (Phi) is 2.49. The Bertz CT molecular complexity index is 236. The van der Waals surface area contributed by atoms with Gasteiger partial charge in [0.1, 0.15) is 0 Å². The summed E-state index contributed by atoms with van der Waals surface area (Å²) in [6.07, 6.45) is 0. The van der Waals surface area contributed by atoms with Crippen LogP contribution in [0.1, 0.15) is 13.8 Å². The van der Waals surface area contributed by atoms with Crippen molar-refractivity contribution < 1.29 is 4.79 Å². The van der Waals surface area contributed by atoms with E-state index in [2.05, 4.69) is 24.5 Å². The molecule has 0 aromatic heterocycles. The van der Waals surface area contributed by atoms with Gasteiger partial charge in [0.2, 0.25) is 5.91 Å². The molecule has 80 valence electrons. The van der Waals surface area contributed by atoms with Crippen LogP contribution in [0.15, 0.2) is 0 Å². The molecule has 0 aromatic rings. The zero-order valence-electron chi connectivity index (χ0n) is 8.97. The number of rotatable bonds is 1. The predicted molar refractivity (Wildman–Crippen MR) is 55.0 cm³/mol. The van der Waals surface area contributed by atoms with Gasteiger partial charge in [0.25, 0.3) is 0 Å². The van der Waals surface area contributed by atoms with Crippen LogP contribution in [0.25, 0.3) is 0 Å². The van der Waals surface area contributed by atoms with Crippen LogP contribution in [0.3, 0.4) is 0 Å².